The first-order chi connectivity index (χ1) is 12.3. The van der Waals surface area contributed by atoms with Crippen molar-refractivity contribution in [3.63, 3.8) is 0 Å². The van der Waals surface area contributed by atoms with Gasteiger partial charge in [-0.15, -0.1) is 0 Å². The highest BCUT2D eigenvalue weighted by atomic mass is 16.5. The number of anilines is 1. The molecule has 0 unspecified atom stereocenters. The van der Waals surface area contributed by atoms with Crippen molar-refractivity contribution in [3.8, 4) is 5.75 Å². The highest BCUT2D eigenvalue weighted by molar-refractivity contribution is 6.07. The molecular formula is C21H24N2O3. The summed E-state index contributed by atoms with van der Waals surface area (Å²) in [4.78, 5) is 24.7. The van der Waals surface area contributed by atoms with Gasteiger partial charge in [-0.3, -0.25) is 9.59 Å². The van der Waals surface area contributed by atoms with Crippen LogP contribution in [-0.4, -0.2) is 24.5 Å². The molecule has 2 rings (SSSR count). The molecule has 0 aliphatic carbocycles. The zero-order chi connectivity index (χ0) is 19.2. The molecule has 2 aromatic rings. The maximum atomic E-state index is 12.4. The van der Waals surface area contributed by atoms with Crippen LogP contribution in [0.5, 0.6) is 5.75 Å². The molecule has 5 heteroatoms. The molecule has 0 aromatic heterocycles. The number of benzene rings is 2. The van der Waals surface area contributed by atoms with E-state index in [1.807, 2.05) is 45.0 Å². The fraction of sp³-hybridized carbons (Fsp3) is 0.238. The normalized spacial score (nSPS) is 11.2. The van der Waals surface area contributed by atoms with Crippen LogP contribution in [0.3, 0.4) is 0 Å². The van der Waals surface area contributed by atoms with Gasteiger partial charge in [0.25, 0.3) is 5.91 Å². The van der Waals surface area contributed by atoms with E-state index < -0.39 is 0 Å². The summed E-state index contributed by atoms with van der Waals surface area (Å²) in [6, 6.07) is 14.3. The maximum Gasteiger partial charge on any atom is 0.253 e. The molecule has 0 spiro atoms. The minimum absolute atomic E-state index is 0.234. The van der Waals surface area contributed by atoms with Crippen LogP contribution in [0.15, 0.2) is 54.6 Å². The van der Waals surface area contributed by atoms with Crippen molar-refractivity contribution in [1.29, 1.82) is 0 Å². The highest BCUT2D eigenvalue weighted by Crippen LogP contribution is 2.19. The third-order valence-electron chi connectivity index (χ3n) is 3.47. The van der Waals surface area contributed by atoms with E-state index in [1.54, 1.807) is 37.5 Å². The molecule has 2 N–H and O–H groups in total. The smallest absolute Gasteiger partial charge is 0.253 e. The minimum Gasteiger partial charge on any atom is -0.496 e. The van der Waals surface area contributed by atoms with Gasteiger partial charge in [-0.05, 0) is 45.0 Å². The average Bonchev–Trinajstić information content (AvgIpc) is 2.59. The molecule has 2 aromatic carbocycles. The van der Waals surface area contributed by atoms with Crippen molar-refractivity contribution >= 4 is 23.6 Å². The Hall–Kier alpha value is -3.08. The van der Waals surface area contributed by atoms with E-state index in [9.17, 15) is 9.59 Å². The number of carbonyl (C=O) groups is 2. The van der Waals surface area contributed by atoms with Crippen molar-refractivity contribution in [2.24, 2.45) is 0 Å². The molecule has 0 aliphatic heterocycles. The number of ether oxygens (including phenoxy) is 1. The van der Waals surface area contributed by atoms with Crippen molar-refractivity contribution in [2.45, 2.75) is 26.3 Å². The lowest BCUT2D eigenvalue weighted by Crippen LogP contribution is -2.40. The number of carbonyl (C=O) groups excluding carboxylic acids is 2. The fourth-order valence-corrected chi connectivity index (χ4v) is 2.34. The van der Waals surface area contributed by atoms with E-state index in [4.69, 9.17) is 4.74 Å². The molecule has 5 nitrogen and oxygen atoms in total. The van der Waals surface area contributed by atoms with Gasteiger partial charge in [-0.2, -0.15) is 0 Å². The average molecular weight is 352 g/mol. The van der Waals surface area contributed by atoms with Gasteiger partial charge in [0.1, 0.15) is 5.75 Å². The lowest BCUT2D eigenvalue weighted by molar-refractivity contribution is -0.111. The summed E-state index contributed by atoms with van der Waals surface area (Å²) in [5.41, 5.74) is 1.31. The molecule has 0 fully saturated rings. The van der Waals surface area contributed by atoms with E-state index in [-0.39, 0.29) is 17.4 Å². The highest BCUT2D eigenvalue weighted by Gasteiger charge is 2.18. The van der Waals surface area contributed by atoms with Crippen LogP contribution < -0.4 is 15.4 Å². The first-order valence-electron chi connectivity index (χ1n) is 8.34. The fourth-order valence-electron chi connectivity index (χ4n) is 2.34. The molecule has 0 saturated heterocycles. The standard InChI is InChI=1S/C21H24N2O3/c1-21(2,3)23-20(25)16-10-6-7-11-17(16)22-19(24)14-13-15-9-5-8-12-18(15)26-4/h5-14H,1-4H3,(H,22,24)(H,23,25)/b14-13+. The Bertz CT molecular complexity index is 820. The maximum absolute atomic E-state index is 12.4. The number of para-hydroxylation sites is 2. The summed E-state index contributed by atoms with van der Waals surface area (Å²) in [5.74, 6) is 0.121. The largest absolute Gasteiger partial charge is 0.496 e. The Morgan fingerprint density at radius 2 is 1.65 bits per heavy atom. The summed E-state index contributed by atoms with van der Waals surface area (Å²) in [6.45, 7) is 5.71. The van der Waals surface area contributed by atoms with Crippen LogP contribution in [0.4, 0.5) is 5.69 Å². The van der Waals surface area contributed by atoms with Crippen LogP contribution in [-0.2, 0) is 4.79 Å². The van der Waals surface area contributed by atoms with E-state index in [1.165, 1.54) is 6.08 Å². The summed E-state index contributed by atoms with van der Waals surface area (Å²) in [7, 11) is 1.58. The van der Waals surface area contributed by atoms with Crippen molar-refractivity contribution in [3.05, 3.63) is 65.7 Å². The molecule has 0 heterocycles. The number of hydrogen-bond donors (Lipinski definition) is 2. The quantitative estimate of drug-likeness (QED) is 0.803. The second-order valence-corrected chi connectivity index (χ2v) is 6.81. The molecule has 0 aliphatic rings. The van der Waals surface area contributed by atoms with Crippen molar-refractivity contribution in [1.82, 2.24) is 5.32 Å². The lowest BCUT2D eigenvalue weighted by atomic mass is 10.1. The number of methoxy groups -OCH3 is 1. The monoisotopic (exact) mass is 352 g/mol. The molecule has 0 atom stereocenters. The Morgan fingerprint density at radius 3 is 2.35 bits per heavy atom. The van der Waals surface area contributed by atoms with Gasteiger partial charge in [-0.1, -0.05) is 30.3 Å². The van der Waals surface area contributed by atoms with E-state index in [0.29, 0.717) is 17.0 Å². The summed E-state index contributed by atoms with van der Waals surface area (Å²) in [5, 5.41) is 5.65. The van der Waals surface area contributed by atoms with E-state index in [2.05, 4.69) is 10.6 Å². The Balaban J connectivity index is 2.14. The molecular weight excluding hydrogens is 328 g/mol. The third-order valence-corrected chi connectivity index (χ3v) is 3.47. The van der Waals surface area contributed by atoms with Crippen LogP contribution in [0.2, 0.25) is 0 Å². The summed E-state index contributed by atoms with van der Waals surface area (Å²) >= 11 is 0. The van der Waals surface area contributed by atoms with Gasteiger partial charge in [0.05, 0.1) is 18.4 Å². The van der Waals surface area contributed by atoms with Crippen LogP contribution in [0, 0.1) is 0 Å². The Labute approximate surface area is 154 Å². The first kappa shape index (κ1) is 19.2. The Kier molecular flexibility index (Phi) is 6.17. The Morgan fingerprint density at radius 1 is 1.00 bits per heavy atom. The van der Waals surface area contributed by atoms with E-state index in [0.717, 1.165) is 5.56 Å². The second kappa shape index (κ2) is 8.34. The van der Waals surface area contributed by atoms with Gasteiger partial charge < -0.3 is 15.4 Å². The predicted octanol–water partition coefficient (Wildman–Crippen LogP) is 3.88. The van der Waals surface area contributed by atoms with Crippen LogP contribution >= 0.6 is 0 Å². The van der Waals surface area contributed by atoms with E-state index >= 15 is 0 Å². The number of amides is 2. The zero-order valence-corrected chi connectivity index (χ0v) is 15.5. The second-order valence-electron chi connectivity index (χ2n) is 6.81. The molecule has 0 radical (unpaired) electrons. The van der Waals surface area contributed by atoms with Gasteiger partial charge in [0, 0.05) is 17.2 Å². The molecule has 136 valence electrons. The molecule has 2 amide bonds. The van der Waals surface area contributed by atoms with Gasteiger partial charge >= 0.3 is 0 Å². The predicted molar refractivity (Wildman–Crippen MR) is 104 cm³/mol. The molecule has 26 heavy (non-hydrogen) atoms. The topological polar surface area (TPSA) is 67.4 Å². The SMILES string of the molecule is COc1ccccc1/C=C/C(=O)Nc1ccccc1C(=O)NC(C)(C)C. The van der Waals surface area contributed by atoms with Crippen LogP contribution in [0.1, 0.15) is 36.7 Å². The third kappa shape index (κ3) is 5.48. The zero-order valence-electron chi connectivity index (χ0n) is 15.5. The minimum atomic E-state index is -0.363. The molecule has 0 saturated carbocycles. The first-order valence-corrected chi connectivity index (χ1v) is 8.34. The number of hydrogen-bond acceptors (Lipinski definition) is 3. The molecule has 0 bridgehead atoms. The van der Waals surface area contributed by atoms with Crippen molar-refractivity contribution in [2.75, 3.05) is 12.4 Å². The lowest BCUT2D eigenvalue weighted by Gasteiger charge is -2.21. The van der Waals surface area contributed by atoms with Crippen molar-refractivity contribution < 1.29 is 14.3 Å². The number of rotatable bonds is 5. The van der Waals surface area contributed by atoms with Gasteiger partial charge in [-0.25, -0.2) is 0 Å². The van der Waals surface area contributed by atoms with Gasteiger partial charge in [0.15, 0.2) is 0 Å². The summed E-state index contributed by atoms with van der Waals surface area (Å²) in [6.07, 6.45) is 3.09. The summed E-state index contributed by atoms with van der Waals surface area (Å²) < 4.78 is 5.26. The van der Waals surface area contributed by atoms with Crippen LogP contribution in [0.25, 0.3) is 6.08 Å². The number of nitrogens with one attached hydrogen (secondary N) is 2. The van der Waals surface area contributed by atoms with Gasteiger partial charge in [0.2, 0.25) is 5.91 Å².